The van der Waals surface area contributed by atoms with Crippen molar-refractivity contribution < 1.29 is 4.52 Å². The van der Waals surface area contributed by atoms with E-state index in [1.54, 1.807) is 0 Å². The lowest BCUT2D eigenvalue weighted by atomic mass is 9.89. The number of hydrogen-bond acceptors (Lipinski definition) is 5. The van der Waals surface area contributed by atoms with Gasteiger partial charge in [0, 0.05) is 10.8 Å². The fraction of sp³-hybridized carbons (Fsp3) is 0.875. The van der Waals surface area contributed by atoms with Gasteiger partial charge in [0.05, 0.1) is 11.7 Å². The summed E-state index contributed by atoms with van der Waals surface area (Å²) in [6, 6.07) is 0.341. The van der Waals surface area contributed by atoms with E-state index in [0.29, 0.717) is 12.0 Å². The molecular weight excluding hydrogens is 282 g/mol. The summed E-state index contributed by atoms with van der Waals surface area (Å²) in [5.41, 5.74) is 0. The summed E-state index contributed by atoms with van der Waals surface area (Å²) in [7, 11) is 0. The van der Waals surface area contributed by atoms with Crippen LogP contribution in [0.15, 0.2) is 4.52 Å². The molecule has 1 N–H and O–H groups in total. The van der Waals surface area contributed by atoms with Crippen molar-refractivity contribution in [2.24, 2.45) is 5.92 Å². The summed E-state index contributed by atoms with van der Waals surface area (Å²) >= 11 is 1.84. The van der Waals surface area contributed by atoms with E-state index in [2.05, 4.69) is 63.9 Å². The third-order valence-corrected chi connectivity index (χ3v) is 4.65. The Morgan fingerprint density at radius 2 is 1.90 bits per heavy atom. The molecule has 21 heavy (non-hydrogen) atoms. The van der Waals surface area contributed by atoms with Crippen LogP contribution in [-0.2, 0) is 5.75 Å². The normalized spacial score (nSPS) is 15.4. The van der Waals surface area contributed by atoms with Crippen molar-refractivity contribution in [2.45, 2.75) is 77.3 Å². The maximum atomic E-state index is 5.54. The molecule has 0 aliphatic carbocycles. The van der Waals surface area contributed by atoms with E-state index in [9.17, 15) is 0 Å². The van der Waals surface area contributed by atoms with Gasteiger partial charge in [0.25, 0.3) is 0 Å². The van der Waals surface area contributed by atoms with Gasteiger partial charge in [-0.2, -0.15) is 4.98 Å². The first kappa shape index (κ1) is 18.5. The third-order valence-electron chi connectivity index (χ3n) is 3.38. The Kier molecular flexibility index (Phi) is 7.21. The molecular formula is C16H31N3OS. The van der Waals surface area contributed by atoms with Crippen molar-refractivity contribution in [3.63, 3.8) is 0 Å². The highest BCUT2D eigenvalue weighted by Crippen LogP contribution is 2.29. The van der Waals surface area contributed by atoms with Crippen molar-refractivity contribution in [3.8, 4) is 0 Å². The Labute approximate surface area is 133 Å². The van der Waals surface area contributed by atoms with Crippen LogP contribution in [0.4, 0.5) is 0 Å². The zero-order chi connectivity index (χ0) is 16.0. The summed E-state index contributed by atoms with van der Waals surface area (Å²) in [5, 5.41) is 7.70. The summed E-state index contributed by atoms with van der Waals surface area (Å²) in [6.45, 7) is 16.4. The maximum Gasteiger partial charge on any atom is 0.231 e. The molecule has 0 aliphatic rings. The summed E-state index contributed by atoms with van der Waals surface area (Å²) in [5.74, 6) is 3.10. The van der Waals surface area contributed by atoms with Gasteiger partial charge in [0.1, 0.15) is 0 Å². The molecule has 1 rings (SSSR count). The Morgan fingerprint density at radius 1 is 1.24 bits per heavy atom. The Hall–Kier alpha value is -0.550. The molecule has 0 aromatic carbocycles. The highest BCUT2D eigenvalue weighted by molar-refractivity contribution is 7.99. The predicted molar refractivity (Wildman–Crippen MR) is 90.7 cm³/mol. The first-order valence-electron chi connectivity index (χ1n) is 7.94. The molecule has 0 aliphatic heterocycles. The number of rotatable bonds is 8. The summed E-state index contributed by atoms with van der Waals surface area (Å²) < 4.78 is 5.76. The lowest BCUT2D eigenvalue weighted by Crippen LogP contribution is -2.35. The SMILES string of the molecule is CCCNC(C)C(c1nc(CSC(C)(C)C)no1)C(C)C. The first-order chi connectivity index (χ1) is 9.74. The number of aromatic nitrogens is 2. The Morgan fingerprint density at radius 3 is 2.43 bits per heavy atom. The van der Waals surface area contributed by atoms with E-state index in [-0.39, 0.29) is 10.7 Å². The van der Waals surface area contributed by atoms with E-state index < -0.39 is 0 Å². The standard InChI is InChI=1S/C16H31N3OS/c1-8-9-17-12(4)14(11(2)3)15-18-13(19-20-15)10-21-16(5,6)7/h11-12,14,17H,8-10H2,1-7H3. The van der Waals surface area contributed by atoms with Crippen molar-refractivity contribution in [1.29, 1.82) is 0 Å². The van der Waals surface area contributed by atoms with Crippen LogP contribution < -0.4 is 5.32 Å². The van der Waals surface area contributed by atoms with Gasteiger partial charge < -0.3 is 9.84 Å². The average Bonchev–Trinajstić information content (AvgIpc) is 2.81. The van der Waals surface area contributed by atoms with Crippen LogP contribution in [0.25, 0.3) is 0 Å². The van der Waals surface area contributed by atoms with E-state index in [4.69, 9.17) is 4.52 Å². The molecule has 0 radical (unpaired) electrons. The number of nitrogens with one attached hydrogen (secondary N) is 1. The maximum absolute atomic E-state index is 5.54. The van der Waals surface area contributed by atoms with Crippen molar-refractivity contribution in [2.75, 3.05) is 6.54 Å². The quantitative estimate of drug-likeness (QED) is 0.778. The zero-order valence-corrected chi connectivity index (χ0v) is 15.4. The van der Waals surface area contributed by atoms with E-state index in [0.717, 1.165) is 30.4 Å². The van der Waals surface area contributed by atoms with Crippen LogP contribution in [0.5, 0.6) is 0 Å². The van der Waals surface area contributed by atoms with E-state index in [1.807, 2.05) is 11.8 Å². The molecule has 0 saturated heterocycles. The van der Waals surface area contributed by atoms with Gasteiger partial charge in [0.15, 0.2) is 5.82 Å². The molecule has 5 heteroatoms. The number of nitrogens with zero attached hydrogens (tertiary/aromatic N) is 2. The fourth-order valence-electron chi connectivity index (χ4n) is 2.32. The van der Waals surface area contributed by atoms with Crippen LogP contribution in [0.1, 0.15) is 72.5 Å². The molecule has 1 heterocycles. The minimum atomic E-state index is 0.216. The molecule has 0 amide bonds. The molecule has 122 valence electrons. The molecule has 0 bridgehead atoms. The highest BCUT2D eigenvalue weighted by Gasteiger charge is 2.28. The number of thioether (sulfide) groups is 1. The monoisotopic (exact) mass is 313 g/mol. The molecule has 1 aromatic heterocycles. The Balaban J connectivity index is 2.74. The van der Waals surface area contributed by atoms with Crippen LogP contribution in [-0.4, -0.2) is 27.5 Å². The van der Waals surface area contributed by atoms with Gasteiger partial charge in [0.2, 0.25) is 5.89 Å². The van der Waals surface area contributed by atoms with Crippen LogP contribution in [0, 0.1) is 5.92 Å². The molecule has 0 fully saturated rings. The predicted octanol–water partition coefficient (Wildman–Crippen LogP) is 4.23. The molecule has 1 aromatic rings. The second-order valence-electron chi connectivity index (χ2n) is 6.96. The summed E-state index contributed by atoms with van der Waals surface area (Å²) in [4.78, 5) is 4.63. The van der Waals surface area contributed by atoms with Gasteiger partial charge >= 0.3 is 0 Å². The zero-order valence-electron chi connectivity index (χ0n) is 14.6. The molecule has 0 spiro atoms. The third kappa shape index (κ3) is 6.39. The second kappa shape index (κ2) is 8.18. The first-order valence-corrected chi connectivity index (χ1v) is 8.93. The Bertz CT molecular complexity index is 412. The lowest BCUT2D eigenvalue weighted by Gasteiger charge is -2.25. The van der Waals surface area contributed by atoms with Gasteiger partial charge in [-0.05, 0) is 25.8 Å². The van der Waals surface area contributed by atoms with E-state index >= 15 is 0 Å². The topological polar surface area (TPSA) is 51.0 Å². The van der Waals surface area contributed by atoms with Crippen molar-refractivity contribution >= 4 is 11.8 Å². The van der Waals surface area contributed by atoms with Gasteiger partial charge in [-0.25, -0.2) is 0 Å². The van der Waals surface area contributed by atoms with Crippen LogP contribution >= 0.6 is 11.8 Å². The minimum Gasteiger partial charge on any atom is -0.339 e. The van der Waals surface area contributed by atoms with E-state index in [1.165, 1.54) is 0 Å². The van der Waals surface area contributed by atoms with Gasteiger partial charge in [-0.15, -0.1) is 11.8 Å². The summed E-state index contributed by atoms with van der Waals surface area (Å²) in [6.07, 6.45) is 1.13. The molecule has 2 atom stereocenters. The molecule has 2 unspecified atom stereocenters. The molecule has 0 saturated carbocycles. The second-order valence-corrected chi connectivity index (χ2v) is 8.76. The van der Waals surface area contributed by atoms with Crippen LogP contribution in [0.2, 0.25) is 0 Å². The lowest BCUT2D eigenvalue weighted by molar-refractivity contribution is 0.279. The van der Waals surface area contributed by atoms with Gasteiger partial charge in [-0.3, -0.25) is 0 Å². The largest absolute Gasteiger partial charge is 0.339 e. The number of hydrogen-bond donors (Lipinski definition) is 1. The minimum absolute atomic E-state index is 0.216. The molecule has 4 nitrogen and oxygen atoms in total. The smallest absolute Gasteiger partial charge is 0.231 e. The average molecular weight is 314 g/mol. The van der Waals surface area contributed by atoms with Crippen molar-refractivity contribution in [1.82, 2.24) is 15.5 Å². The van der Waals surface area contributed by atoms with Crippen LogP contribution in [0.3, 0.4) is 0 Å². The highest BCUT2D eigenvalue weighted by atomic mass is 32.2. The van der Waals surface area contributed by atoms with Crippen molar-refractivity contribution in [3.05, 3.63) is 11.7 Å². The fourth-order valence-corrected chi connectivity index (χ4v) is 3.00. The van der Waals surface area contributed by atoms with Gasteiger partial charge in [-0.1, -0.05) is 46.7 Å².